The quantitative estimate of drug-likeness (QED) is 0.403. The summed E-state index contributed by atoms with van der Waals surface area (Å²) in [6.07, 6.45) is 4.98. The normalized spacial score (nSPS) is 10.6. The summed E-state index contributed by atoms with van der Waals surface area (Å²) < 4.78 is 7.55. The molecule has 0 aliphatic heterocycles. The molecule has 0 N–H and O–H groups in total. The Morgan fingerprint density at radius 3 is 2.58 bits per heavy atom. The molecule has 8 heteroatoms. The van der Waals surface area contributed by atoms with E-state index in [0.717, 1.165) is 24.1 Å². The molecule has 4 rings (SSSR count). The topological polar surface area (TPSA) is 80.0 Å². The molecular formula is C23H21N5O3. The van der Waals surface area contributed by atoms with E-state index in [1.165, 1.54) is 0 Å². The molecule has 0 spiro atoms. The zero-order chi connectivity index (χ0) is 21.8. The van der Waals surface area contributed by atoms with Crippen LogP contribution >= 0.6 is 0 Å². The highest BCUT2D eigenvalue weighted by Gasteiger charge is 2.16. The van der Waals surface area contributed by atoms with E-state index in [9.17, 15) is 9.59 Å². The van der Waals surface area contributed by atoms with Gasteiger partial charge < -0.3 is 14.5 Å². The number of carbonyl (C=O) groups is 2. The van der Waals surface area contributed by atoms with Crippen LogP contribution in [0.2, 0.25) is 0 Å². The van der Waals surface area contributed by atoms with Gasteiger partial charge >= 0.3 is 0 Å². The third-order valence-electron chi connectivity index (χ3n) is 4.94. The second kappa shape index (κ2) is 8.66. The average molecular weight is 415 g/mol. The average Bonchev–Trinajstić information content (AvgIpc) is 3.17. The highest BCUT2D eigenvalue weighted by atomic mass is 16.5. The van der Waals surface area contributed by atoms with Gasteiger partial charge in [-0.3, -0.25) is 14.0 Å². The van der Waals surface area contributed by atoms with E-state index in [0.29, 0.717) is 29.5 Å². The SMILES string of the molecule is CCN(C=O)c1cccnc1N(C)c1ccc(Oc2nc3ccccn3c2C=O)cc1. The Kier molecular flexibility index (Phi) is 5.61. The van der Waals surface area contributed by atoms with Crippen molar-refractivity contribution in [2.24, 2.45) is 0 Å². The molecular weight excluding hydrogens is 394 g/mol. The van der Waals surface area contributed by atoms with Crippen molar-refractivity contribution < 1.29 is 14.3 Å². The maximum atomic E-state index is 11.5. The summed E-state index contributed by atoms with van der Waals surface area (Å²) in [4.78, 5) is 35.3. The van der Waals surface area contributed by atoms with Gasteiger partial charge in [-0.05, 0) is 55.5 Å². The lowest BCUT2D eigenvalue weighted by Crippen LogP contribution is -2.23. The molecule has 1 amide bonds. The van der Waals surface area contributed by atoms with Crippen LogP contribution < -0.4 is 14.5 Å². The Morgan fingerprint density at radius 2 is 1.87 bits per heavy atom. The number of pyridine rings is 2. The minimum absolute atomic E-state index is 0.249. The van der Waals surface area contributed by atoms with Gasteiger partial charge in [0.2, 0.25) is 12.3 Å². The molecule has 4 aromatic rings. The summed E-state index contributed by atoms with van der Waals surface area (Å²) in [6, 6.07) is 16.5. The Hall–Kier alpha value is -4.20. The van der Waals surface area contributed by atoms with Crippen LogP contribution in [0.15, 0.2) is 67.0 Å². The van der Waals surface area contributed by atoms with Crippen LogP contribution in [0.5, 0.6) is 11.6 Å². The maximum Gasteiger partial charge on any atom is 0.249 e. The fourth-order valence-corrected chi connectivity index (χ4v) is 3.32. The fraction of sp³-hybridized carbons (Fsp3) is 0.130. The van der Waals surface area contributed by atoms with Gasteiger partial charge in [0.25, 0.3) is 0 Å². The van der Waals surface area contributed by atoms with Crippen molar-refractivity contribution in [2.75, 3.05) is 23.4 Å². The lowest BCUT2D eigenvalue weighted by molar-refractivity contribution is -0.107. The van der Waals surface area contributed by atoms with E-state index >= 15 is 0 Å². The Morgan fingerprint density at radius 1 is 1.06 bits per heavy atom. The number of amides is 1. The molecule has 156 valence electrons. The van der Waals surface area contributed by atoms with Crippen LogP contribution in [-0.4, -0.2) is 40.7 Å². The van der Waals surface area contributed by atoms with Gasteiger partial charge in [-0.1, -0.05) is 6.07 Å². The Balaban J connectivity index is 1.60. The molecule has 0 bridgehead atoms. The molecule has 0 saturated heterocycles. The van der Waals surface area contributed by atoms with Gasteiger partial charge in [-0.25, -0.2) is 4.98 Å². The number of ether oxygens (including phenoxy) is 1. The molecule has 0 fully saturated rings. The zero-order valence-corrected chi connectivity index (χ0v) is 17.2. The summed E-state index contributed by atoms with van der Waals surface area (Å²) in [6.45, 7) is 2.45. The summed E-state index contributed by atoms with van der Waals surface area (Å²) in [7, 11) is 1.88. The van der Waals surface area contributed by atoms with Crippen molar-refractivity contribution in [1.82, 2.24) is 14.4 Å². The lowest BCUT2D eigenvalue weighted by atomic mass is 10.2. The van der Waals surface area contributed by atoms with Crippen molar-refractivity contribution in [2.45, 2.75) is 6.92 Å². The van der Waals surface area contributed by atoms with E-state index in [2.05, 4.69) is 9.97 Å². The number of anilines is 3. The number of nitrogens with zero attached hydrogens (tertiary/aromatic N) is 5. The van der Waals surface area contributed by atoms with Crippen LogP contribution in [0.25, 0.3) is 5.65 Å². The molecule has 0 unspecified atom stereocenters. The van der Waals surface area contributed by atoms with Crippen LogP contribution in [0.1, 0.15) is 17.4 Å². The molecule has 0 aliphatic carbocycles. The van der Waals surface area contributed by atoms with Crippen LogP contribution in [0.3, 0.4) is 0 Å². The smallest absolute Gasteiger partial charge is 0.249 e. The Labute approximate surface area is 179 Å². The standard InChI is InChI=1S/C23H21N5O3/c1-3-27(16-30)19-7-6-13-24-22(19)26(2)17-9-11-18(12-10-17)31-23-20(15-29)28-14-5-4-8-21(28)25-23/h4-16H,3H2,1-2H3. The predicted octanol–water partition coefficient (Wildman–Crippen LogP) is 4.08. The number of aldehydes is 1. The van der Waals surface area contributed by atoms with Gasteiger partial charge in [0, 0.05) is 31.7 Å². The summed E-state index contributed by atoms with van der Waals surface area (Å²) in [5, 5.41) is 0. The second-order valence-electron chi connectivity index (χ2n) is 6.74. The number of hydrogen-bond acceptors (Lipinski definition) is 6. The lowest BCUT2D eigenvalue weighted by Gasteiger charge is -2.25. The minimum Gasteiger partial charge on any atom is -0.437 e. The minimum atomic E-state index is 0.249. The number of fused-ring (bicyclic) bond motifs is 1. The van der Waals surface area contributed by atoms with Crippen molar-refractivity contribution in [3.05, 3.63) is 72.7 Å². The van der Waals surface area contributed by atoms with Crippen molar-refractivity contribution in [3.63, 3.8) is 0 Å². The monoisotopic (exact) mass is 415 g/mol. The zero-order valence-electron chi connectivity index (χ0n) is 17.2. The molecule has 3 aromatic heterocycles. The van der Waals surface area contributed by atoms with Crippen LogP contribution in [0, 0.1) is 0 Å². The number of benzene rings is 1. The maximum absolute atomic E-state index is 11.5. The highest BCUT2D eigenvalue weighted by molar-refractivity contribution is 5.84. The number of rotatable bonds is 8. The molecule has 0 saturated carbocycles. The summed E-state index contributed by atoms with van der Waals surface area (Å²) in [5.74, 6) is 1.46. The first-order valence-electron chi connectivity index (χ1n) is 9.77. The van der Waals surface area contributed by atoms with Crippen molar-refractivity contribution in [1.29, 1.82) is 0 Å². The summed E-state index contributed by atoms with van der Waals surface area (Å²) >= 11 is 0. The number of imidazole rings is 1. The fourth-order valence-electron chi connectivity index (χ4n) is 3.32. The summed E-state index contributed by atoms with van der Waals surface area (Å²) in [5.41, 5.74) is 2.57. The van der Waals surface area contributed by atoms with Gasteiger partial charge in [-0.2, -0.15) is 4.98 Å². The molecule has 0 aliphatic rings. The third kappa shape index (κ3) is 3.83. The third-order valence-corrected chi connectivity index (χ3v) is 4.94. The first-order valence-corrected chi connectivity index (χ1v) is 9.77. The van der Waals surface area contributed by atoms with E-state index < -0.39 is 0 Å². The van der Waals surface area contributed by atoms with Gasteiger partial charge in [0.1, 0.15) is 11.4 Å². The predicted molar refractivity (Wildman–Crippen MR) is 118 cm³/mol. The first-order chi connectivity index (χ1) is 15.2. The number of hydrogen-bond donors (Lipinski definition) is 0. The molecule has 31 heavy (non-hydrogen) atoms. The largest absolute Gasteiger partial charge is 0.437 e. The molecule has 0 atom stereocenters. The number of aromatic nitrogens is 3. The second-order valence-corrected chi connectivity index (χ2v) is 6.74. The number of carbonyl (C=O) groups excluding carboxylic acids is 2. The Bertz CT molecular complexity index is 1220. The van der Waals surface area contributed by atoms with Crippen molar-refractivity contribution in [3.8, 4) is 11.6 Å². The van der Waals surface area contributed by atoms with E-state index in [1.54, 1.807) is 46.0 Å². The first kappa shape index (κ1) is 20.1. The van der Waals surface area contributed by atoms with E-state index in [1.807, 2.05) is 49.2 Å². The molecule has 3 heterocycles. The molecule has 8 nitrogen and oxygen atoms in total. The molecule has 0 radical (unpaired) electrons. The van der Waals surface area contributed by atoms with Crippen LogP contribution in [-0.2, 0) is 4.79 Å². The van der Waals surface area contributed by atoms with E-state index in [-0.39, 0.29) is 5.88 Å². The van der Waals surface area contributed by atoms with Crippen LogP contribution in [0.4, 0.5) is 17.2 Å². The van der Waals surface area contributed by atoms with Gasteiger partial charge in [-0.15, -0.1) is 0 Å². The van der Waals surface area contributed by atoms with Crippen molar-refractivity contribution >= 4 is 35.5 Å². The van der Waals surface area contributed by atoms with Gasteiger partial charge in [0.05, 0.1) is 5.69 Å². The van der Waals surface area contributed by atoms with E-state index in [4.69, 9.17) is 4.74 Å². The highest BCUT2D eigenvalue weighted by Crippen LogP contribution is 2.32. The molecule has 1 aromatic carbocycles. The van der Waals surface area contributed by atoms with Gasteiger partial charge in [0.15, 0.2) is 17.8 Å².